The second kappa shape index (κ2) is 4.97. The van der Waals surface area contributed by atoms with E-state index in [0.29, 0.717) is 13.0 Å². The third kappa shape index (κ3) is 2.92. The topological polar surface area (TPSA) is 42.2 Å². The summed E-state index contributed by atoms with van der Waals surface area (Å²) in [6, 6.07) is 7.85. The van der Waals surface area contributed by atoms with Gasteiger partial charge in [-0.2, -0.15) is 5.26 Å². The molecule has 3 nitrogen and oxygen atoms in total. The molecule has 1 fully saturated rings. The van der Waals surface area contributed by atoms with Gasteiger partial charge >= 0.3 is 0 Å². The summed E-state index contributed by atoms with van der Waals surface area (Å²) in [5.74, 6) is 1.59. The number of nitriles is 1. The number of hydrogen-bond donors (Lipinski definition) is 0. The van der Waals surface area contributed by atoms with Crippen molar-refractivity contribution in [2.45, 2.75) is 19.3 Å². The van der Waals surface area contributed by atoms with Gasteiger partial charge in [0.2, 0.25) is 0 Å². The highest BCUT2D eigenvalue weighted by molar-refractivity contribution is 9.10. The predicted molar refractivity (Wildman–Crippen MR) is 68.1 cm³/mol. The van der Waals surface area contributed by atoms with Gasteiger partial charge in [-0.05, 0) is 47.0 Å². The largest absolute Gasteiger partial charge is 0.497 e. The van der Waals surface area contributed by atoms with Crippen LogP contribution in [0.3, 0.4) is 0 Å². The summed E-state index contributed by atoms with van der Waals surface area (Å²) in [6.07, 6.45) is 2.77. The Hall–Kier alpha value is -1.21. The highest BCUT2D eigenvalue weighted by Crippen LogP contribution is 2.49. The summed E-state index contributed by atoms with van der Waals surface area (Å²) < 4.78 is 11.8. The van der Waals surface area contributed by atoms with Crippen molar-refractivity contribution in [1.29, 1.82) is 5.26 Å². The van der Waals surface area contributed by atoms with Crippen LogP contribution in [0.5, 0.6) is 11.5 Å². The fourth-order valence-electron chi connectivity index (χ4n) is 1.67. The van der Waals surface area contributed by atoms with E-state index >= 15 is 0 Å². The molecule has 2 rings (SSSR count). The summed E-state index contributed by atoms with van der Waals surface area (Å²) in [6.45, 7) is 0.617. The van der Waals surface area contributed by atoms with Gasteiger partial charge in [0.25, 0.3) is 0 Å². The van der Waals surface area contributed by atoms with Crippen molar-refractivity contribution in [2.24, 2.45) is 5.41 Å². The zero-order valence-electron chi connectivity index (χ0n) is 9.70. The molecule has 0 N–H and O–H groups in total. The fraction of sp³-hybridized carbons (Fsp3) is 0.462. The van der Waals surface area contributed by atoms with Gasteiger partial charge in [0.15, 0.2) is 0 Å². The maximum atomic E-state index is 8.73. The van der Waals surface area contributed by atoms with Crippen LogP contribution in [0.4, 0.5) is 0 Å². The van der Waals surface area contributed by atoms with Crippen molar-refractivity contribution >= 4 is 15.9 Å². The van der Waals surface area contributed by atoms with Crippen LogP contribution < -0.4 is 9.47 Å². The zero-order chi connectivity index (χ0) is 12.3. The highest BCUT2D eigenvalue weighted by Gasteiger charge is 2.43. The molecule has 4 heteroatoms. The standard InChI is InChI=1S/C13H14BrNO2/c1-16-10-2-3-12(11(14)8-10)17-9-13(4-5-13)6-7-15/h2-3,8H,4-6,9H2,1H3. The number of benzene rings is 1. The number of nitrogens with zero attached hydrogens (tertiary/aromatic N) is 1. The van der Waals surface area contributed by atoms with E-state index in [0.717, 1.165) is 28.8 Å². The summed E-state index contributed by atoms with van der Waals surface area (Å²) >= 11 is 3.45. The molecule has 0 saturated heterocycles. The molecular formula is C13H14BrNO2. The van der Waals surface area contributed by atoms with Crippen LogP contribution in [-0.4, -0.2) is 13.7 Å². The molecule has 0 bridgehead atoms. The fourth-order valence-corrected chi connectivity index (χ4v) is 2.15. The second-order valence-corrected chi connectivity index (χ2v) is 5.27. The first-order valence-electron chi connectivity index (χ1n) is 5.52. The molecule has 1 aliphatic rings. The van der Waals surface area contributed by atoms with Gasteiger partial charge in [0.05, 0.1) is 24.3 Å². The SMILES string of the molecule is COc1ccc(OCC2(CC#N)CC2)c(Br)c1. The van der Waals surface area contributed by atoms with Crippen molar-refractivity contribution in [3.05, 3.63) is 22.7 Å². The third-order valence-corrected chi connectivity index (χ3v) is 3.70. The Morgan fingerprint density at radius 3 is 2.76 bits per heavy atom. The molecule has 0 aromatic heterocycles. The van der Waals surface area contributed by atoms with E-state index in [1.807, 2.05) is 18.2 Å². The lowest BCUT2D eigenvalue weighted by Gasteiger charge is -2.14. The predicted octanol–water partition coefficient (Wildman–Crippen LogP) is 3.53. The first kappa shape index (κ1) is 12.3. The number of halogens is 1. The van der Waals surface area contributed by atoms with Crippen molar-refractivity contribution in [3.63, 3.8) is 0 Å². The Morgan fingerprint density at radius 2 is 2.24 bits per heavy atom. The first-order chi connectivity index (χ1) is 8.19. The van der Waals surface area contributed by atoms with Gasteiger partial charge in [0.1, 0.15) is 11.5 Å². The van der Waals surface area contributed by atoms with Crippen LogP contribution in [0, 0.1) is 16.7 Å². The molecule has 1 saturated carbocycles. The van der Waals surface area contributed by atoms with E-state index in [-0.39, 0.29) is 5.41 Å². The van der Waals surface area contributed by atoms with E-state index in [1.54, 1.807) is 7.11 Å². The van der Waals surface area contributed by atoms with Crippen LogP contribution in [0.25, 0.3) is 0 Å². The Bertz CT molecular complexity index is 449. The maximum Gasteiger partial charge on any atom is 0.133 e. The van der Waals surface area contributed by atoms with Crippen molar-refractivity contribution in [3.8, 4) is 17.6 Å². The van der Waals surface area contributed by atoms with Gasteiger partial charge < -0.3 is 9.47 Å². The number of rotatable bonds is 5. The molecule has 0 amide bonds. The smallest absolute Gasteiger partial charge is 0.133 e. The van der Waals surface area contributed by atoms with Gasteiger partial charge in [-0.25, -0.2) is 0 Å². The van der Waals surface area contributed by atoms with Crippen LogP contribution in [0.1, 0.15) is 19.3 Å². The maximum absolute atomic E-state index is 8.73. The van der Waals surface area contributed by atoms with Gasteiger partial charge in [-0.15, -0.1) is 0 Å². The molecule has 0 aliphatic heterocycles. The molecule has 0 heterocycles. The van der Waals surface area contributed by atoms with Crippen LogP contribution in [0.15, 0.2) is 22.7 Å². The minimum atomic E-state index is 0.105. The quantitative estimate of drug-likeness (QED) is 0.834. The van der Waals surface area contributed by atoms with E-state index in [1.165, 1.54) is 0 Å². The Kier molecular flexibility index (Phi) is 3.58. The normalized spacial score (nSPS) is 16.1. The Balaban J connectivity index is 1.98. The zero-order valence-corrected chi connectivity index (χ0v) is 11.3. The highest BCUT2D eigenvalue weighted by atomic mass is 79.9. The van der Waals surface area contributed by atoms with E-state index in [2.05, 4.69) is 22.0 Å². The lowest BCUT2D eigenvalue weighted by atomic mass is 10.1. The number of methoxy groups -OCH3 is 1. The molecule has 90 valence electrons. The number of hydrogen-bond acceptors (Lipinski definition) is 3. The van der Waals surface area contributed by atoms with E-state index in [9.17, 15) is 0 Å². The molecule has 1 aliphatic carbocycles. The summed E-state index contributed by atoms with van der Waals surface area (Å²) in [7, 11) is 1.63. The molecule has 0 spiro atoms. The third-order valence-electron chi connectivity index (χ3n) is 3.08. The minimum absolute atomic E-state index is 0.105. The van der Waals surface area contributed by atoms with Crippen LogP contribution in [-0.2, 0) is 0 Å². The monoisotopic (exact) mass is 295 g/mol. The molecule has 17 heavy (non-hydrogen) atoms. The Morgan fingerprint density at radius 1 is 1.47 bits per heavy atom. The van der Waals surface area contributed by atoms with Crippen molar-refractivity contribution < 1.29 is 9.47 Å². The molecular weight excluding hydrogens is 282 g/mol. The summed E-state index contributed by atoms with van der Waals surface area (Å²) in [5.41, 5.74) is 0.105. The number of ether oxygens (including phenoxy) is 2. The summed E-state index contributed by atoms with van der Waals surface area (Å²) in [5, 5.41) is 8.73. The average molecular weight is 296 g/mol. The lowest BCUT2D eigenvalue weighted by Crippen LogP contribution is -2.12. The summed E-state index contributed by atoms with van der Waals surface area (Å²) in [4.78, 5) is 0. The van der Waals surface area contributed by atoms with Gasteiger partial charge in [-0.3, -0.25) is 0 Å². The average Bonchev–Trinajstić information content (AvgIpc) is 3.08. The Labute approximate surface area is 109 Å². The second-order valence-electron chi connectivity index (χ2n) is 4.42. The molecule has 0 atom stereocenters. The van der Waals surface area contributed by atoms with Gasteiger partial charge in [0, 0.05) is 11.8 Å². The van der Waals surface area contributed by atoms with Crippen LogP contribution >= 0.6 is 15.9 Å². The first-order valence-corrected chi connectivity index (χ1v) is 6.32. The lowest BCUT2D eigenvalue weighted by molar-refractivity contribution is 0.235. The van der Waals surface area contributed by atoms with Crippen LogP contribution in [0.2, 0.25) is 0 Å². The van der Waals surface area contributed by atoms with Crippen molar-refractivity contribution in [1.82, 2.24) is 0 Å². The molecule has 1 aromatic rings. The van der Waals surface area contributed by atoms with E-state index < -0.39 is 0 Å². The van der Waals surface area contributed by atoms with Gasteiger partial charge in [-0.1, -0.05) is 0 Å². The molecule has 0 radical (unpaired) electrons. The molecule has 1 aromatic carbocycles. The van der Waals surface area contributed by atoms with E-state index in [4.69, 9.17) is 14.7 Å². The minimum Gasteiger partial charge on any atom is -0.497 e. The van der Waals surface area contributed by atoms with Crippen molar-refractivity contribution in [2.75, 3.05) is 13.7 Å². The molecule has 0 unspecified atom stereocenters.